The molecule has 0 amide bonds. The molecular formula is C8H14O3. The number of carbonyl (C=O) groups is 1. The highest BCUT2D eigenvalue weighted by molar-refractivity contribution is 5.49. The van der Waals surface area contributed by atoms with Gasteiger partial charge in [0.05, 0.1) is 12.7 Å². The fourth-order valence-electron chi connectivity index (χ4n) is 1.16. The number of carbonyl (C=O) groups excluding carboxylic acids is 1. The van der Waals surface area contributed by atoms with Crippen LogP contribution in [-0.4, -0.2) is 24.8 Å². The third kappa shape index (κ3) is 2.60. The topological polar surface area (TPSA) is 35.5 Å². The Hall–Kier alpha value is -0.410. The van der Waals surface area contributed by atoms with Gasteiger partial charge in [-0.2, -0.15) is 0 Å². The Bertz CT molecular complexity index is 142. The van der Waals surface area contributed by atoms with Crippen LogP contribution in [0.25, 0.3) is 0 Å². The second-order valence-electron chi connectivity index (χ2n) is 3.19. The van der Waals surface area contributed by atoms with Crippen LogP contribution in [0, 0.1) is 0 Å². The maximum absolute atomic E-state index is 10.0. The highest BCUT2D eigenvalue weighted by atomic mass is 16.7. The van der Waals surface area contributed by atoms with E-state index in [2.05, 4.69) is 0 Å². The van der Waals surface area contributed by atoms with Crippen molar-refractivity contribution in [2.24, 2.45) is 0 Å². The zero-order valence-electron chi connectivity index (χ0n) is 7.00. The molecule has 0 radical (unpaired) electrons. The minimum Gasteiger partial charge on any atom is -0.348 e. The molecule has 0 aromatic carbocycles. The van der Waals surface area contributed by atoms with Gasteiger partial charge in [-0.1, -0.05) is 0 Å². The van der Waals surface area contributed by atoms with Crippen molar-refractivity contribution in [3.8, 4) is 0 Å². The van der Waals surface area contributed by atoms with Gasteiger partial charge >= 0.3 is 0 Å². The molecule has 1 fully saturated rings. The zero-order chi connectivity index (χ0) is 8.32. The SMILES string of the molecule is CC1(C)OC[C@H](CCC=O)O1. The molecular weight excluding hydrogens is 144 g/mol. The summed E-state index contributed by atoms with van der Waals surface area (Å²) in [7, 11) is 0. The number of ether oxygens (including phenoxy) is 2. The molecule has 0 spiro atoms. The molecule has 0 saturated carbocycles. The minimum atomic E-state index is -0.451. The lowest BCUT2D eigenvalue weighted by atomic mass is 10.2. The Labute approximate surface area is 66.7 Å². The summed E-state index contributed by atoms with van der Waals surface area (Å²) in [5.74, 6) is -0.451. The van der Waals surface area contributed by atoms with Gasteiger partial charge in [-0.05, 0) is 20.3 Å². The first kappa shape index (κ1) is 8.68. The molecule has 1 aliphatic heterocycles. The summed E-state index contributed by atoms with van der Waals surface area (Å²) in [5, 5.41) is 0. The fraction of sp³-hybridized carbons (Fsp3) is 0.875. The summed E-state index contributed by atoms with van der Waals surface area (Å²) in [6, 6.07) is 0. The van der Waals surface area contributed by atoms with Gasteiger partial charge in [-0.25, -0.2) is 0 Å². The van der Waals surface area contributed by atoms with Crippen molar-refractivity contribution >= 4 is 6.29 Å². The van der Waals surface area contributed by atoms with Crippen LogP contribution in [-0.2, 0) is 14.3 Å². The van der Waals surface area contributed by atoms with Crippen molar-refractivity contribution in [2.45, 2.75) is 38.6 Å². The average Bonchev–Trinajstić information content (AvgIpc) is 2.26. The van der Waals surface area contributed by atoms with Crippen LogP contribution in [0.15, 0.2) is 0 Å². The fourth-order valence-corrected chi connectivity index (χ4v) is 1.16. The molecule has 0 N–H and O–H groups in total. The lowest BCUT2D eigenvalue weighted by Gasteiger charge is -2.16. The van der Waals surface area contributed by atoms with E-state index in [1.165, 1.54) is 0 Å². The van der Waals surface area contributed by atoms with Gasteiger partial charge < -0.3 is 14.3 Å². The first-order valence-corrected chi connectivity index (χ1v) is 3.89. The van der Waals surface area contributed by atoms with Crippen LogP contribution in [0.3, 0.4) is 0 Å². The minimum absolute atomic E-state index is 0.107. The molecule has 0 bridgehead atoms. The first-order valence-electron chi connectivity index (χ1n) is 3.89. The van der Waals surface area contributed by atoms with Gasteiger partial charge in [0.2, 0.25) is 0 Å². The lowest BCUT2D eigenvalue weighted by molar-refractivity contribution is -0.139. The van der Waals surface area contributed by atoms with E-state index < -0.39 is 5.79 Å². The summed E-state index contributed by atoms with van der Waals surface area (Å²) in [5.41, 5.74) is 0. The van der Waals surface area contributed by atoms with Crippen molar-refractivity contribution in [3.63, 3.8) is 0 Å². The largest absolute Gasteiger partial charge is 0.348 e. The highest BCUT2D eigenvalue weighted by Crippen LogP contribution is 2.24. The normalized spacial score (nSPS) is 28.7. The van der Waals surface area contributed by atoms with Crippen LogP contribution in [0.4, 0.5) is 0 Å². The maximum Gasteiger partial charge on any atom is 0.163 e. The molecule has 1 rings (SSSR count). The van der Waals surface area contributed by atoms with Crippen LogP contribution in [0.2, 0.25) is 0 Å². The summed E-state index contributed by atoms with van der Waals surface area (Å²) < 4.78 is 10.8. The Morgan fingerprint density at radius 2 is 2.36 bits per heavy atom. The number of rotatable bonds is 3. The van der Waals surface area contributed by atoms with E-state index in [9.17, 15) is 4.79 Å². The summed E-state index contributed by atoms with van der Waals surface area (Å²) >= 11 is 0. The highest BCUT2D eigenvalue weighted by Gasteiger charge is 2.31. The lowest BCUT2D eigenvalue weighted by Crippen LogP contribution is -2.21. The molecule has 1 aliphatic rings. The van der Waals surface area contributed by atoms with E-state index in [1.807, 2.05) is 13.8 Å². The number of aldehydes is 1. The van der Waals surface area contributed by atoms with E-state index in [4.69, 9.17) is 9.47 Å². The number of hydrogen-bond donors (Lipinski definition) is 0. The average molecular weight is 158 g/mol. The van der Waals surface area contributed by atoms with Crippen LogP contribution in [0.5, 0.6) is 0 Å². The van der Waals surface area contributed by atoms with Crippen LogP contribution >= 0.6 is 0 Å². The molecule has 64 valence electrons. The molecule has 11 heavy (non-hydrogen) atoms. The van der Waals surface area contributed by atoms with E-state index in [0.717, 1.165) is 12.7 Å². The van der Waals surface area contributed by atoms with Crippen molar-refractivity contribution in [3.05, 3.63) is 0 Å². The third-order valence-corrected chi connectivity index (χ3v) is 1.67. The Balaban J connectivity index is 2.24. The molecule has 0 aliphatic carbocycles. The Kier molecular flexibility index (Phi) is 2.62. The monoisotopic (exact) mass is 158 g/mol. The molecule has 1 saturated heterocycles. The van der Waals surface area contributed by atoms with Gasteiger partial charge in [0.15, 0.2) is 5.79 Å². The molecule has 0 unspecified atom stereocenters. The van der Waals surface area contributed by atoms with Gasteiger partial charge in [0, 0.05) is 6.42 Å². The smallest absolute Gasteiger partial charge is 0.163 e. The first-order chi connectivity index (χ1) is 5.14. The van der Waals surface area contributed by atoms with Gasteiger partial charge in [0.25, 0.3) is 0 Å². The second-order valence-corrected chi connectivity index (χ2v) is 3.19. The summed E-state index contributed by atoms with van der Waals surface area (Å²) in [6.07, 6.45) is 2.35. The molecule has 3 heteroatoms. The summed E-state index contributed by atoms with van der Waals surface area (Å²) in [4.78, 5) is 10.0. The molecule has 0 aromatic heterocycles. The van der Waals surface area contributed by atoms with Gasteiger partial charge in [0.1, 0.15) is 6.29 Å². The quantitative estimate of drug-likeness (QED) is 0.577. The molecule has 0 aromatic rings. The summed E-state index contributed by atoms with van der Waals surface area (Å²) in [6.45, 7) is 4.38. The van der Waals surface area contributed by atoms with Crippen LogP contribution < -0.4 is 0 Å². The van der Waals surface area contributed by atoms with Crippen molar-refractivity contribution < 1.29 is 14.3 Å². The van der Waals surface area contributed by atoms with E-state index in [0.29, 0.717) is 13.0 Å². The van der Waals surface area contributed by atoms with Crippen molar-refractivity contribution in [2.75, 3.05) is 6.61 Å². The predicted molar refractivity (Wildman–Crippen MR) is 40.2 cm³/mol. The zero-order valence-corrected chi connectivity index (χ0v) is 7.00. The predicted octanol–water partition coefficient (Wildman–Crippen LogP) is 1.12. The van der Waals surface area contributed by atoms with Crippen molar-refractivity contribution in [1.29, 1.82) is 0 Å². The van der Waals surface area contributed by atoms with Crippen LogP contribution in [0.1, 0.15) is 26.7 Å². The van der Waals surface area contributed by atoms with E-state index >= 15 is 0 Å². The molecule has 3 nitrogen and oxygen atoms in total. The van der Waals surface area contributed by atoms with E-state index in [1.54, 1.807) is 0 Å². The van der Waals surface area contributed by atoms with Gasteiger partial charge in [-0.15, -0.1) is 0 Å². The number of hydrogen-bond acceptors (Lipinski definition) is 3. The molecule has 1 atom stereocenters. The Morgan fingerprint density at radius 1 is 1.64 bits per heavy atom. The van der Waals surface area contributed by atoms with Gasteiger partial charge in [-0.3, -0.25) is 0 Å². The second kappa shape index (κ2) is 3.32. The maximum atomic E-state index is 10.0. The van der Waals surface area contributed by atoms with Crippen molar-refractivity contribution in [1.82, 2.24) is 0 Å². The van der Waals surface area contributed by atoms with E-state index in [-0.39, 0.29) is 6.10 Å². The Morgan fingerprint density at radius 3 is 2.82 bits per heavy atom. The molecule has 1 heterocycles. The third-order valence-electron chi connectivity index (χ3n) is 1.67. The standard InChI is InChI=1S/C8H14O3/c1-8(2)10-6-7(11-8)4-3-5-9/h5,7H,3-4,6H2,1-2H3/t7-/m0/s1.